The number of aryl methyl sites for hydroxylation is 1. The summed E-state index contributed by atoms with van der Waals surface area (Å²) >= 11 is 5.80. The molecule has 0 atom stereocenters. The quantitative estimate of drug-likeness (QED) is 0.555. The van der Waals surface area contributed by atoms with Crippen molar-refractivity contribution in [3.05, 3.63) is 34.3 Å². The lowest BCUT2D eigenvalue weighted by atomic mass is 10.1. The van der Waals surface area contributed by atoms with E-state index in [1.54, 1.807) is 18.2 Å². The molecule has 0 radical (unpaired) electrons. The third-order valence-corrected chi connectivity index (χ3v) is 1.84. The summed E-state index contributed by atoms with van der Waals surface area (Å²) in [7, 11) is 0. The van der Waals surface area contributed by atoms with Crippen LogP contribution in [0.5, 0.6) is 0 Å². The van der Waals surface area contributed by atoms with Crippen LogP contribution in [0.25, 0.3) is 0 Å². The van der Waals surface area contributed by atoms with Crippen LogP contribution < -0.4 is 5.43 Å². The molecule has 0 aliphatic rings. The predicted molar refractivity (Wildman–Crippen MR) is 48.8 cm³/mol. The number of carbonyl (C=O) groups excluding carboxylic acids is 1. The van der Waals surface area contributed by atoms with Crippen molar-refractivity contribution in [2.24, 2.45) is 5.22 Å². The lowest BCUT2D eigenvalue weighted by Gasteiger charge is -2.01. The second-order valence-corrected chi connectivity index (χ2v) is 2.94. The molecule has 0 spiro atoms. The lowest BCUT2D eigenvalue weighted by molar-refractivity contribution is 0.0950. The molecule has 5 heteroatoms. The van der Waals surface area contributed by atoms with Crippen molar-refractivity contribution in [1.29, 1.82) is 5.53 Å². The first-order valence-corrected chi connectivity index (χ1v) is 3.96. The van der Waals surface area contributed by atoms with E-state index in [0.29, 0.717) is 10.6 Å². The van der Waals surface area contributed by atoms with Gasteiger partial charge in [0, 0.05) is 0 Å². The highest BCUT2D eigenvalue weighted by molar-refractivity contribution is 6.33. The van der Waals surface area contributed by atoms with Gasteiger partial charge in [-0.2, -0.15) is 5.53 Å². The minimum absolute atomic E-state index is 0.322. The molecular formula is C8H8ClN3O. The molecule has 0 saturated carbocycles. The summed E-state index contributed by atoms with van der Waals surface area (Å²) in [6.07, 6.45) is 0. The summed E-state index contributed by atoms with van der Waals surface area (Å²) in [5, 5.41) is 3.13. The highest BCUT2D eigenvalue weighted by Gasteiger charge is 2.08. The number of amides is 1. The van der Waals surface area contributed by atoms with Crippen molar-refractivity contribution in [2.45, 2.75) is 6.92 Å². The minimum atomic E-state index is -0.472. The Labute approximate surface area is 80.4 Å². The first-order chi connectivity index (χ1) is 6.15. The van der Waals surface area contributed by atoms with Gasteiger partial charge in [0.1, 0.15) is 0 Å². The third-order valence-electron chi connectivity index (χ3n) is 1.53. The second kappa shape index (κ2) is 4.00. The molecule has 1 rings (SSSR count). The Morgan fingerprint density at radius 2 is 2.31 bits per heavy atom. The molecule has 1 aromatic rings. The van der Waals surface area contributed by atoms with Gasteiger partial charge in [-0.1, -0.05) is 22.9 Å². The zero-order valence-electron chi connectivity index (χ0n) is 6.97. The molecule has 0 aliphatic carbocycles. The number of benzene rings is 1. The van der Waals surface area contributed by atoms with Crippen LogP contribution in [-0.4, -0.2) is 5.91 Å². The second-order valence-electron chi connectivity index (χ2n) is 2.54. The molecule has 4 nitrogen and oxygen atoms in total. The van der Waals surface area contributed by atoms with Crippen LogP contribution in [0, 0.1) is 12.5 Å². The molecule has 2 N–H and O–H groups in total. The fourth-order valence-electron chi connectivity index (χ4n) is 0.915. The highest BCUT2D eigenvalue weighted by Crippen LogP contribution is 2.17. The third kappa shape index (κ3) is 2.26. The molecule has 0 fully saturated rings. The van der Waals surface area contributed by atoms with Gasteiger partial charge in [0.05, 0.1) is 10.6 Å². The van der Waals surface area contributed by atoms with Crippen molar-refractivity contribution < 1.29 is 4.79 Å². The van der Waals surface area contributed by atoms with E-state index in [1.165, 1.54) is 0 Å². The van der Waals surface area contributed by atoms with Crippen LogP contribution in [0.2, 0.25) is 5.02 Å². The van der Waals surface area contributed by atoms with E-state index in [0.717, 1.165) is 5.56 Å². The SMILES string of the molecule is Cc1ccc(C(=O)NN=N)c(Cl)c1. The van der Waals surface area contributed by atoms with Crippen molar-refractivity contribution in [3.8, 4) is 0 Å². The van der Waals surface area contributed by atoms with Crippen molar-refractivity contribution in [1.82, 2.24) is 5.43 Å². The number of nitrogens with one attached hydrogen (secondary N) is 2. The number of hydrogen-bond acceptors (Lipinski definition) is 3. The highest BCUT2D eigenvalue weighted by atomic mass is 35.5. The van der Waals surface area contributed by atoms with Crippen LogP contribution in [0.1, 0.15) is 15.9 Å². The van der Waals surface area contributed by atoms with Gasteiger partial charge in [-0.15, -0.1) is 0 Å². The average Bonchev–Trinajstić information content (AvgIpc) is 2.04. The fourth-order valence-corrected chi connectivity index (χ4v) is 1.24. The Morgan fingerprint density at radius 1 is 1.62 bits per heavy atom. The van der Waals surface area contributed by atoms with E-state index >= 15 is 0 Å². The van der Waals surface area contributed by atoms with E-state index in [-0.39, 0.29) is 0 Å². The maximum absolute atomic E-state index is 11.2. The van der Waals surface area contributed by atoms with Gasteiger partial charge in [-0.3, -0.25) is 4.79 Å². The van der Waals surface area contributed by atoms with Crippen LogP contribution in [0.4, 0.5) is 0 Å². The lowest BCUT2D eigenvalue weighted by Crippen LogP contribution is -2.16. The van der Waals surface area contributed by atoms with Crippen molar-refractivity contribution >= 4 is 17.5 Å². The number of hydrogen-bond donors (Lipinski definition) is 2. The molecular weight excluding hydrogens is 190 g/mol. The Kier molecular flexibility index (Phi) is 2.97. The normalized spacial score (nSPS) is 9.38. The Morgan fingerprint density at radius 3 is 2.85 bits per heavy atom. The smallest absolute Gasteiger partial charge is 0.267 e. The van der Waals surface area contributed by atoms with Crippen LogP contribution in [0.15, 0.2) is 23.4 Å². The summed E-state index contributed by atoms with van der Waals surface area (Å²) in [5.41, 5.74) is 9.73. The van der Waals surface area contributed by atoms with Gasteiger partial charge in [-0.05, 0) is 24.6 Å². The van der Waals surface area contributed by atoms with Crippen LogP contribution in [-0.2, 0) is 0 Å². The van der Waals surface area contributed by atoms with Gasteiger partial charge in [0.25, 0.3) is 5.91 Å². The summed E-state index contributed by atoms with van der Waals surface area (Å²) in [4.78, 5) is 11.2. The van der Waals surface area contributed by atoms with Gasteiger partial charge in [0.15, 0.2) is 0 Å². The number of rotatable bonds is 2. The summed E-state index contributed by atoms with van der Waals surface area (Å²) in [6.45, 7) is 1.88. The minimum Gasteiger partial charge on any atom is -0.267 e. The molecule has 0 saturated heterocycles. The first kappa shape index (κ1) is 9.67. The van der Waals surface area contributed by atoms with Gasteiger partial charge in [-0.25, -0.2) is 5.43 Å². The Bertz CT molecular complexity index is 351. The molecule has 13 heavy (non-hydrogen) atoms. The summed E-state index contributed by atoms with van der Waals surface area (Å²) in [5.74, 6) is -0.472. The van der Waals surface area contributed by atoms with E-state index in [4.69, 9.17) is 17.1 Å². The standard InChI is InChI=1S/C8H8ClN3O/c1-5-2-3-6(7(9)4-5)8(13)11-12-10/h2-4H,1H3,(H2,10,11,13). The Balaban J connectivity index is 3.01. The zero-order chi connectivity index (χ0) is 9.84. The zero-order valence-corrected chi connectivity index (χ0v) is 7.72. The summed E-state index contributed by atoms with van der Waals surface area (Å²) in [6, 6.07) is 5.04. The molecule has 0 heterocycles. The maximum Gasteiger partial charge on any atom is 0.274 e. The predicted octanol–water partition coefficient (Wildman–Crippen LogP) is 2.32. The molecule has 0 aromatic heterocycles. The maximum atomic E-state index is 11.2. The first-order valence-electron chi connectivity index (χ1n) is 3.58. The largest absolute Gasteiger partial charge is 0.274 e. The Hall–Kier alpha value is -1.42. The van der Waals surface area contributed by atoms with Gasteiger partial charge in [0.2, 0.25) is 0 Å². The monoisotopic (exact) mass is 197 g/mol. The van der Waals surface area contributed by atoms with Crippen molar-refractivity contribution in [3.63, 3.8) is 0 Å². The van der Waals surface area contributed by atoms with Crippen molar-refractivity contribution in [2.75, 3.05) is 0 Å². The average molecular weight is 198 g/mol. The van der Waals surface area contributed by atoms with Crippen LogP contribution >= 0.6 is 11.6 Å². The van der Waals surface area contributed by atoms with E-state index in [2.05, 4.69) is 5.22 Å². The van der Waals surface area contributed by atoms with Gasteiger partial charge < -0.3 is 0 Å². The van der Waals surface area contributed by atoms with E-state index in [1.807, 2.05) is 12.3 Å². The molecule has 0 aliphatic heterocycles. The molecule has 68 valence electrons. The summed E-state index contributed by atoms with van der Waals surface area (Å²) < 4.78 is 0. The number of carbonyl (C=O) groups is 1. The molecule has 1 aromatic carbocycles. The van der Waals surface area contributed by atoms with E-state index in [9.17, 15) is 4.79 Å². The van der Waals surface area contributed by atoms with E-state index < -0.39 is 5.91 Å². The number of halogens is 1. The molecule has 0 unspecified atom stereocenters. The molecule has 0 bridgehead atoms. The fraction of sp³-hybridized carbons (Fsp3) is 0.125. The van der Waals surface area contributed by atoms with Crippen LogP contribution in [0.3, 0.4) is 0 Å². The van der Waals surface area contributed by atoms with Gasteiger partial charge >= 0.3 is 0 Å². The number of nitrogens with zero attached hydrogens (tertiary/aromatic N) is 1. The topological polar surface area (TPSA) is 65.3 Å². The molecule has 1 amide bonds.